The van der Waals surface area contributed by atoms with Crippen LogP contribution in [-0.2, 0) is 11.8 Å². The lowest BCUT2D eigenvalue weighted by Gasteiger charge is -2.15. The Morgan fingerprint density at radius 2 is 2.29 bits per heavy atom. The number of hydrogen-bond donors (Lipinski definition) is 2. The number of nitrogen functional groups attached to an aromatic ring is 1. The van der Waals surface area contributed by atoms with E-state index in [1.54, 1.807) is 0 Å². The van der Waals surface area contributed by atoms with Crippen LogP contribution in [0.4, 0.5) is 5.82 Å². The zero-order valence-corrected chi connectivity index (χ0v) is 11.7. The summed E-state index contributed by atoms with van der Waals surface area (Å²) in [5.74, 6) is 0.474. The van der Waals surface area contributed by atoms with E-state index in [2.05, 4.69) is 14.5 Å². The smallest absolute Gasteiger partial charge is 0.150 e. The van der Waals surface area contributed by atoms with Gasteiger partial charge < -0.3 is 20.1 Å². The Bertz CT molecular complexity index is 822. The van der Waals surface area contributed by atoms with Gasteiger partial charge in [0.15, 0.2) is 0 Å². The number of nitrogens with zero attached hydrogens (tertiary/aromatic N) is 4. The maximum Gasteiger partial charge on any atom is 0.150 e. The third kappa shape index (κ3) is 1.68. The quantitative estimate of drug-likeness (QED) is 0.738. The van der Waals surface area contributed by atoms with E-state index in [1.807, 2.05) is 23.9 Å². The van der Waals surface area contributed by atoms with Crippen molar-refractivity contribution in [2.75, 3.05) is 12.3 Å². The third-order valence-corrected chi connectivity index (χ3v) is 4.21. The number of hydrogen-bond acceptors (Lipinski definition) is 5. The van der Waals surface area contributed by atoms with Crippen molar-refractivity contribution in [1.29, 1.82) is 0 Å². The Morgan fingerprint density at radius 1 is 1.43 bits per heavy atom. The number of nitrogens with two attached hydrogens (primary N) is 1. The zero-order valence-electron chi connectivity index (χ0n) is 11.7. The molecular weight excluding hydrogens is 270 g/mol. The molecule has 110 valence electrons. The lowest BCUT2D eigenvalue weighted by molar-refractivity contribution is -0.0185. The molecule has 21 heavy (non-hydrogen) atoms. The molecule has 0 amide bonds. The number of ether oxygens (including phenoxy) is 1. The van der Waals surface area contributed by atoms with Gasteiger partial charge in [-0.15, -0.1) is 0 Å². The van der Waals surface area contributed by atoms with Crippen LogP contribution in [-0.4, -0.2) is 36.9 Å². The molecule has 3 aromatic rings. The van der Waals surface area contributed by atoms with E-state index >= 15 is 0 Å². The molecular formula is C14H17N5O2. The van der Waals surface area contributed by atoms with Gasteiger partial charge in [-0.05, 0) is 18.9 Å². The summed E-state index contributed by atoms with van der Waals surface area (Å²) in [7, 11) is 1.98. The Kier molecular flexibility index (Phi) is 2.66. The number of aliphatic hydroxyl groups excluding tert-OH is 1. The van der Waals surface area contributed by atoms with Crippen molar-refractivity contribution in [2.24, 2.45) is 7.05 Å². The van der Waals surface area contributed by atoms with E-state index < -0.39 is 0 Å². The molecule has 7 heteroatoms. The van der Waals surface area contributed by atoms with Gasteiger partial charge in [0.05, 0.1) is 29.1 Å². The van der Waals surface area contributed by atoms with Crippen LogP contribution in [0.1, 0.15) is 19.1 Å². The van der Waals surface area contributed by atoms with Crippen molar-refractivity contribution in [3.8, 4) is 0 Å². The second-order valence-corrected chi connectivity index (χ2v) is 5.46. The monoisotopic (exact) mass is 287 g/mol. The minimum Gasteiger partial charge on any atom is -0.394 e. The van der Waals surface area contributed by atoms with Crippen LogP contribution >= 0.6 is 0 Å². The first-order valence-corrected chi connectivity index (χ1v) is 7.02. The lowest BCUT2D eigenvalue weighted by atomic mass is 10.2. The second-order valence-electron chi connectivity index (χ2n) is 5.46. The topological polar surface area (TPSA) is 91.1 Å². The highest BCUT2D eigenvalue weighted by molar-refractivity contribution is 6.09. The van der Waals surface area contributed by atoms with Crippen molar-refractivity contribution in [2.45, 2.75) is 25.2 Å². The predicted octanol–water partition coefficient (Wildman–Crippen LogP) is 1.18. The van der Waals surface area contributed by atoms with E-state index in [1.165, 1.54) is 6.33 Å². The molecule has 0 aliphatic carbocycles. The number of anilines is 1. The summed E-state index contributed by atoms with van der Waals surface area (Å²) in [5, 5.41) is 10.1. The van der Waals surface area contributed by atoms with E-state index in [4.69, 9.17) is 10.5 Å². The van der Waals surface area contributed by atoms with E-state index in [9.17, 15) is 5.11 Å². The second kappa shape index (κ2) is 4.44. The molecule has 4 rings (SSSR count). The number of aliphatic hydroxyl groups is 1. The number of aryl methyl sites for hydroxylation is 1. The first-order valence-electron chi connectivity index (χ1n) is 7.02. The fourth-order valence-electron chi connectivity index (χ4n) is 3.23. The van der Waals surface area contributed by atoms with Crippen LogP contribution in [0.25, 0.3) is 22.1 Å². The summed E-state index contributed by atoms with van der Waals surface area (Å²) in [4.78, 5) is 8.51. The maximum absolute atomic E-state index is 9.27. The van der Waals surface area contributed by atoms with Gasteiger partial charge in [-0.3, -0.25) is 4.57 Å². The molecule has 0 bridgehead atoms. The van der Waals surface area contributed by atoms with Gasteiger partial charge in [0.25, 0.3) is 0 Å². The molecule has 0 radical (unpaired) electrons. The lowest BCUT2D eigenvalue weighted by Crippen LogP contribution is -2.14. The molecule has 2 unspecified atom stereocenters. The van der Waals surface area contributed by atoms with Crippen molar-refractivity contribution >= 4 is 27.9 Å². The van der Waals surface area contributed by atoms with Crippen LogP contribution < -0.4 is 5.73 Å². The Balaban J connectivity index is 2.00. The minimum absolute atomic E-state index is 0.0464. The number of aromatic nitrogens is 4. The Morgan fingerprint density at radius 3 is 3.05 bits per heavy atom. The van der Waals surface area contributed by atoms with Crippen LogP contribution in [0.15, 0.2) is 18.6 Å². The van der Waals surface area contributed by atoms with Crippen LogP contribution in [0.3, 0.4) is 0 Å². The molecule has 1 aliphatic rings. The molecule has 7 nitrogen and oxygen atoms in total. The highest BCUT2D eigenvalue weighted by Gasteiger charge is 2.30. The zero-order chi connectivity index (χ0) is 14.6. The van der Waals surface area contributed by atoms with Crippen molar-refractivity contribution in [3.63, 3.8) is 0 Å². The minimum atomic E-state index is -0.126. The average Bonchev–Trinajstić information content (AvgIpc) is 3.14. The summed E-state index contributed by atoms with van der Waals surface area (Å²) in [5.41, 5.74) is 8.89. The van der Waals surface area contributed by atoms with E-state index in [0.29, 0.717) is 5.82 Å². The van der Waals surface area contributed by atoms with Crippen LogP contribution in [0, 0.1) is 0 Å². The van der Waals surface area contributed by atoms with Gasteiger partial charge in [0.1, 0.15) is 24.0 Å². The fourth-order valence-corrected chi connectivity index (χ4v) is 3.23. The van der Waals surface area contributed by atoms with Crippen LogP contribution in [0.5, 0.6) is 0 Å². The molecule has 3 N–H and O–H groups in total. The molecule has 0 spiro atoms. The number of rotatable bonds is 2. The highest BCUT2D eigenvalue weighted by Crippen LogP contribution is 2.38. The molecule has 1 fully saturated rings. The largest absolute Gasteiger partial charge is 0.394 e. The SMILES string of the molecule is Cn1ccc2c1c1c(N)ncnc1n2C1CCC(CO)O1. The summed E-state index contributed by atoms with van der Waals surface area (Å²) in [6.07, 6.45) is 4.93. The molecule has 0 saturated carbocycles. The van der Waals surface area contributed by atoms with Gasteiger partial charge in [0, 0.05) is 13.2 Å². The van der Waals surface area contributed by atoms with Gasteiger partial charge in [0.2, 0.25) is 0 Å². The summed E-state index contributed by atoms with van der Waals surface area (Å²) in [6.45, 7) is 0.0464. The number of fused-ring (bicyclic) bond motifs is 3. The molecule has 0 aromatic carbocycles. The predicted molar refractivity (Wildman–Crippen MR) is 78.6 cm³/mol. The Labute approximate surface area is 121 Å². The summed E-state index contributed by atoms with van der Waals surface area (Å²) in [6, 6.07) is 2.03. The first kappa shape index (κ1) is 12.6. The molecule has 2 atom stereocenters. The normalized spacial score (nSPS) is 22.6. The highest BCUT2D eigenvalue weighted by atomic mass is 16.5. The van der Waals surface area contributed by atoms with Crippen LogP contribution in [0.2, 0.25) is 0 Å². The van der Waals surface area contributed by atoms with Crippen molar-refractivity contribution in [3.05, 3.63) is 18.6 Å². The van der Waals surface area contributed by atoms with Crippen molar-refractivity contribution in [1.82, 2.24) is 19.1 Å². The van der Waals surface area contributed by atoms with Gasteiger partial charge in [-0.25, -0.2) is 9.97 Å². The van der Waals surface area contributed by atoms with Crippen molar-refractivity contribution < 1.29 is 9.84 Å². The standard InChI is InChI=1S/C14H17N5O2/c1-18-5-4-9-12(18)11-13(15)16-7-17-14(11)19(9)10-3-2-8(6-20)21-10/h4-5,7-8,10,20H,2-3,6H2,1H3,(H2,15,16,17). The first-order chi connectivity index (χ1) is 10.2. The third-order valence-electron chi connectivity index (χ3n) is 4.21. The van der Waals surface area contributed by atoms with Gasteiger partial charge >= 0.3 is 0 Å². The van der Waals surface area contributed by atoms with Gasteiger partial charge in [-0.1, -0.05) is 0 Å². The maximum atomic E-state index is 9.27. The summed E-state index contributed by atoms with van der Waals surface area (Å²) >= 11 is 0. The average molecular weight is 287 g/mol. The molecule has 3 aromatic heterocycles. The fraction of sp³-hybridized carbons (Fsp3) is 0.429. The van der Waals surface area contributed by atoms with E-state index in [-0.39, 0.29) is 18.9 Å². The summed E-state index contributed by atoms with van der Waals surface area (Å²) < 4.78 is 10.0. The van der Waals surface area contributed by atoms with E-state index in [0.717, 1.165) is 34.9 Å². The van der Waals surface area contributed by atoms with Gasteiger partial charge in [-0.2, -0.15) is 0 Å². The molecule has 1 aliphatic heterocycles. The molecule has 4 heterocycles. The molecule has 1 saturated heterocycles. The Hall–Kier alpha value is -2.12.